The predicted octanol–water partition coefficient (Wildman–Crippen LogP) is 20.7. The zero-order valence-corrected chi connectivity index (χ0v) is 53.9. The van der Waals surface area contributed by atoms with Gasteiger partial charge < -0.3 is 28.8 Å². The molecule has 0 saturated carbocycles. The summed E-state index contributed by atoms with van der Waals surface area (Å²) in [6, 6.07) is -0.901. The minimum Gasteiger partial charge on any atom is -0.756 e. The van der Waals surface area contributed by atoms with Crippen molar-refractivity contribution in [1.29, 1.82) is 0 Å². The second-order valence-corrected chi connectivity index (χ2v) is 25.2. The molecule has 9 heteroatoms. The number of nitrogens with one attached hydrogen (secondary N) is 1. The average Bonchev–Trinajstić information content (AvgIpc) is 3.42. The summed E-state index contributed by atoms with van der Waals surface area (Å²) < 4.78 is 23.4. The zero-order chi connectivity index (χ0) is 58.4. The largest absolute Gasteiger partial charge is 0.756 e. The highest BCUT2D eigenvalue weighted by atomic mass is 31.2. The first kappa shape index (κ1) is 77.4. The molecule has 3 atom stereocenters. The van der Waals surface area contributed by atoms with Crippen LogP contribution in [0.5, 0.6) is 0 Å². The molecule has 80 heavy (non-hydrogen) atoms. The fraction of sp³-hybridized carbons (Fsp3) is 0.761. The van der Waals surface area contributed by atoms with Crippen molar-refractivity contribution in [1.82, 2.24) is 5.32 Å². The standard InChI is InChI=1S/C71H129N2O6P/c1-6-8-10-12-14-16-18-20-22-24-26-28-30-32-34-36-38-40-42-44-46-48-50-52-54-56-58-60-62-64-70(74)69(68-79-80(76,77)78-67-66-73(3,4)5)72-71(75)65-63-61-59-57-55-53-51-49-47-45-43-41-39-37-35-33-31-29-27-25-23-21-19-17-15-13-11-9-7-2/h9,11,15,17,21,23,27,29,33,35,39,41,45,47,62,64,69-70,74H,6-8,10,12-14,16,18-20,22,24-26,28,30-32,34,36-38,40,42-44,46,48-61,63,65-68H2,1-5H3,(H-,72,75,76,77)/b11-9-,17-15-,23-21-,29-27-,35-33-,41-39-,47-45-,64-62+. The number of likely N-dealkylation sites (N-methyl/N-ethyl adjacent to an activating group) is 1. The lowest BCUT2D eigenvalue weighted by Gasteiger charge is -2.29. The van der Waals surface area contributed by atoms with Crippen LogP contribution < -0.4 is 10.2 Å². The van der Waals surface area contributed by atoms with Gasteiger partial charge in [0.25, 0.3) is 7.82 Å². The molecule has 0 spiro atoms. The summed E-state index contributed by atoms with van der Waals surface area (Å²) in [5.74, 6) is -0.209. The first-order chi connectivity index (χ1) is 39.0. The third-order valence-electron chi connectivity index (χ3n) is 14.8. The maximum absolute atomic E-state index is 13.0. The number of carbonyl (C=O) groups excluding carboxylic acids is 1. The van der Waals surface area contributed by atoms with Crippen molar-refractivity contribution < 1.29 is 32.9 Å². The van der Waals surface area contributed by atoms with Crippen LogP contribution in [0.4, 0.5) is 0 Å². The van der Waals surface area contributed by atoms with E-state index >= 15 is 0 Å². The number of allylic oxidation sites excluding steroid dienone is 15. The van der Waals surface area contributed by atoms with Gasteiger partial charge in [0.05, 0.1) is 39.9 Å². The summed E-state index contributed by atoms with van der Waals surface area (Å²) in [7, 11) is 1.25. The van der Waals surface area contributed by atoms with Crippen molar-refractivity contribution >= 4 is 13.7 Å². The summed E-state index contributed by atoms with van der Waals surface area (Å²) in [6.45, 7) is 4.55. The number of unbranched alkanes of at least 4 members (excludes halogenated alkanes) is 34. The number of phosphoric acid groups is 1. The Morgan fingerprint density at radius 2 is 0.762 bits per heavy atom. The lowest BCUT2D eigenvalue weighted by Crippen LogP contribution is -2.45. The van der Waals surface area contributed by atoms with Crippen LogP contribution in [-0.4, -0.2) is 68.5 Å². The van der Waals surface area contributed by atoms with Gasteiger partial charge in [-0.1, -0.05) is 310 Å². The predicted molar refractivity (Wildman–Crippen MR) is 348 cm³/mol. The van der Waals surface area contributed by atoms with Crippen LogP contribution in [0.1, 0.15) is 296 Å². The highest BCUT2D eigenvalue weighted by Gasteiger charge is 2.23. The van der Waals surface area contributed by atoms with E-state index in [2.05, 4.69) is 104 Å². The van der Waals surface area contributed by atoms with Crippen LogP contribution in [0, 0.1) is 0 Å². The molecule has 0 fully saturated rings. The molecule has 8 nitrogen and oxygen atoms in total. The van der Waals surface area contributed by atoms with Gasteiger partial charge in [-0.15, -0.1) is 0 Å². The molecule has 0 aliphatic heterocycles. The lowest BCUT2D eigenvalue weighted by atomic mass is 10.0. The van der Waals surface area contributed by atoms with Crippen molar-refractivity contribution in [2.45, 2.75) is 309 Å². The number of amides is 1. The van der Waals surface area contributed by atoms with Crippen molar-refractivity contribution in [3.63, 3.8) is 0 Å². The number of nitrogens with zero attached hydrogens (tertiary/aromatic N) is 1. The molecule has 0 heterocycles. The molecular formula is C71H129N2O6P. The van der Waals surface area contributed by atoms with Crippen molar-refractivity contribution in [2.75, 3.05) is 40.9 Å². The van der Waals surface area contributed by atoms with Crippen molar-refractivity contribution in [3.8, 4) is 0 Å². The van der Waals surface area contributed by atoms with Gasteiger partial charge in [0, 0.05) is 6.42 Å². The van der Waals surface area contributed by atoms with Gasteiger partial charge in [-0.2, -0.15) is 0 Å². The Hall–Kier alpha value is -2.58. The maximum Gasteiger partial charge on any atom is 0.268 e. The summed E-state index contributed by atoms with van der Waals surface area (Å²) in [5.41, 5.74) is 0. The summed E-state index contributed by atoms with van der Waals surface area (Å²) in [6.07, 6.45) is 88.0. The van der Waals surface area contributed by atoms with Gasteiger partial charge >= 0.3 is 0 Å². The Bertz CT molecular complexity index is 1620. The van der Waals surface area contributed by atoms with Crippen LogP contribution in [0.3, 0.4) is 0 Å². The number of hydrogen-bond acceptors (Lipinski definition) is 6. The Morgan fingerprint density at radius 3 is 1.11 bits per heavy atom. The van der Waals surface area contributed by atoms with Gasteiger partial charge in [-0.05, 0) is 77.0 Å². The first-order valence-electron chi connectivity index (χ1n) is 33.6. The molecule has 0 aromatic heterocycles. The molecule has 0 aromatic carbocycles. The van der Waals surface area contributed by atoms with Crippen molar-refractivity contribution in [3.05, 3.63) is 97.2 Å². The Balaban J connectivity index is 4.17. The van der Waals surface area contributed by atoms with E-state index in [1.54, 1.807) is 6.08 Å². The third-order valence-corrected chi connectivity index (χ3v) is 15.8. The minimum atomic E-state index is -4.61. The molecule has 0 aliphatic rings. The number of hydrogen-bond donors (Lipinski definition) is 2. The molecule has 0 saturated heterocycles. The zero-order valence-electron chi connectivity index (χ0n) is 53.0. The van der Waals surface area contributed by atoms with E-state index in [4.69, 9.17) is 9.05 Å². The Labute approximate surface area is 496 Å². The average molecular weight is 1140 g/mol. The number of aliphatic hydroxyl groups is 1. The fourth-order valence-corrected chi connectivity index (χ4v) is 10.3. The van der Waals surface area contributed by atoms with E-state index < -0.39 is 20.0 Å². The van der Waals surface area contributed by atoms with Gasteiger partial charge in [0.1, 0.15) is 13.2 Å². The summed E-state index contributed by atoms with van der Waals surface area (Å²) in [5, 5.41) is 13.9. The van der Waals surface area contributed by atoms with Crippen LogP contribution in [0.25, 0.3) is 0 Å². The summed E-state index contributed by atoms with van der Waals surface area (Å²) >= 11 is 0. The minimum absolute atomic E-state index is 0.00775. The normalized spacial score (nSPS) is 14.3. The van der Waals surface area contributed by atoms with E-state index in [1.807, 2.05) is 27.2 Å². The van der Waals surface area contributed by atoms with Crippen LogP contribution in [0.15, 0.2) is 97.2 Å². The molecular weight excluding hydrogens is 1010 g/mol. The van der Waals surface area contributed by atoms with Gasteiger partial charge in [-0.25, -0.2) is 0 Å². The molecule has 0 bridgehead atoms. The SMILES string of the molecule is CC/C=C\C/C=C\C/C=C\C/C=C\C/C=C\C/C=C\C/C=C\CCCCCCCCCC(=O)NC(COP(=O)([O-])OCC[N+](C)(C)C)C(O)/C=C/CCCCCCCCCCCCCCCCCCCCCCCCCCCCC. The highest BCUT2D eigenvalue weighted by Crippen LogP contribution is 2.38. The van der Waals surface area contributed by atoms with E-state index in [-0.39, 0.29) is 19.1 Å². The van der Waals surface area contributed by atoms with Gasteiger partial charge in [0.2, 0.25) is 5.91 Å². The van der Waals surface area contributed by atoms with Gasteiger partial charge in [-0.3, -0.25) is 9.36 Å². The second-order valence-electron chi connectivity index (χ2n) is 23.8. The lowest BCUT2D eigenvalue weighted by molar-refractivity contribution is -0.870. The molecule has 0 aromatic rings. The Morgan fingerprint density at radius 1 is 0.450 bits per heavy atom. The molecule has 2 N–H and O–H groups in total. The molecule has 1 amide bonds. The molecule has 0 aliphatic carbocycles. The fourth-order valence-electron chi connectivity index (χ4n) is 9.61. The van der Waals surface area contributed by atoms with Crippen molar-refractivity contribution in [2.24, 2.45) is 0 Å². The molecule has 0 radical (unpaired) electrons. The van der Waals surface area contributed by atoms with Crippen LogP contribution in [0.2, 0.25) is 0 Å². The summed E-state index contributed by atoms with van der Waals surface area (Å²) in [4.78, 5) is 25.6. The highest BCUT2D eigenvalue weighted by molar-refractivity contribution is 7.45. The maximum atomic E-state index is 13.0. The molecule has 0 rings (SSSR count). The first-order valence-corrected chi connectivity index (χ1v) is 35.1. The second kappa shape index (κ2) is 61.0. The quantitative estimate of drug-likeness (QED) is 0.0272. The van der Waals surface area contributed by atoms with Crippen LogP contribution in [-0.2, 0) is 18.4 Å². The Kier molecular flexibility index (Phi) is 59.0. The number of aliphatic hydroxyl groups excluding tert-OH is 1. The van der Waals surface area contributed by atoms with Crippen LogP contribution >= 0.6 is 7.82 Å². The number of rotatable bonds is 61. The molecule has 464 valence electrons. The monoisotopic (exact) mass is 1140 g/mol. The van der Waals surface area contributed by atoms with E-state index in [1.165, 1.54) is 180 Å². The number of carbonyl (C=O) groups is 1. The number of phosphoric ester groups is 1. The van der Waals surface area contributed by atoms with E-state index in [9.17, 15) is 19.4 Å². The van der Waals surface area contributed by atoms with Gasteiger partial charge in [0.15, 0.2) is 0 Å². The molecule has 3 unspecified atom stereocenters. The van der Waals surface area contributed by atoms with E-state index in [0.29, 0.717) is 17.4 Å². The topological polar surface area (TPSA) is 108 Å². The smallest absolute Gasteiger partial charge is 0.268 e. The third kappa shape index (κ3) is 63.0. The van der Waals surface area contributed by atoms with E-state index in [0.717, 1.165) is 96.3 Å². The number of quaternary nitrogens is 1.